The number of hydrogen-bond acceptors (Lipinski definition) is 10. The summed E-state index contributed by atoms with van der Waals surface area (Å²) < 4.78 is 52.9. The zero-order valence-electron chi connectivity index (χ0n) is 29.2. The van der Waals surface area contributed by atoms with Crippen molar-refractivity contribution in [1.29, 1.82) is 0 Å². The summed E-state index contributed by atoms with van der Waals surface area (Å²) in [6.07, 6.45) is 4.92. The fraction of sp³-hybridized carbons (Fsp3) is 0.429. The number of amides is 2. The van der Waals surface area contributed by atoms with Crippen LogP contribution in [0.5, 0.6) is 0 Å². The van der Waals surface area contributed by atoms with E-state index in [9.17, 15) is 26.4 Å². The van der Waals surface area contributed by atoms with E-state index in [4.69, 9.17) is 0 Å². The lowest BCUT2D eigenvalue weighted by molar-refractivity contribution is -0.122. The number of nitrogens with zero attached hydrogens (tertiary/aromatic N) is 4. The summed E-state index contributed by atoms with van der Waals surface area (Å²) in [6.45, 7) is 9.06. The Kier molecular flexibility index (Phi) is 12.8. The molecule has 16 heteroatoms. The maximum Gasteiger partial charge on any atom is 0.243 e. The molecule has 6 rings (SSSR count). The third-order valence-electron chi connectivity index (χ3n) is 8.88. The summed E-state index contributed by atoms with van der Waals surface area (Å²) in [5.74, 6) is 0.322. The van der Waals surface area contributed by atoms with Gasteiger partial charge in [0, 0.05) is 62.8 Å². The second-order valence-electron chi connectivity index (χ2n) is 12.2. The summed E-state index contributed by atoms with van der Waals surface area (Å²) in [4.78, 5) is 33.2. The minimum Gasteiger partial charge on any atom is -0.302 e. The topological polar surface area (TPSA) is 159 Å². The van der Waals surface area contributed by atoms with E-state index in [-0.39, 0.29) is 36.3 Å². The van der Waals surface area contributed by atoms with Crippen molar-refractivity contribution in [2.45, 2.75) is 69.6 Å². The van der Waals surface area contributed by atoms with Crippen LogP contribution in [0.1, 0.15) is 62.7 Å². The molecule has 2 aliphatic rings. The Hall–Kier alpha value is -3.54. The van der Waals surface area contributed by atoms with Crippen LogP contribution in [0.25, 0.3) is 22.5 Å². The number of thiazole rings is 2. The molecule has 2 fully saturated rings. The molecule has 2 heterocycles. The van der Waals surface area contributed by atoms with Gasteiger partial charge in [0.05, 0.1) is 21.2 Å². The fourth-order valence-corrected chi connectivity index (χ4v) is 9.74. The molecule has 0 atom stereocenters. The molecule has 2 saturated carbocycles. The summed E-state index contributed by atoms with van der Waals surface area (Å²) in [7, 11) is -6.91. The minimum absolute atomic E-state index is 0. The number of hydrogen-bond donors (Lipinski definition) is 2. The van der Waals surface area contributed by atoms with Crippen molar-refractivity contribution < 1.29 is 29.3 Å². The van der Waals surface area contributed by atoms with Crippen molar-refractivity contribution in [3.8, 4) is 22.5 Å². The van der Waals surface area contributed by atoms with Gasteiger partial charge in [0.25, 0.3) is 0 Å². The van der Waals surface area contributed by atoms with Gasteiger partial charge >= 0.3 is 0 Å². The molecule has 0 spiro atoms. The summed E-state index contributed by atoms with van der Waals surface area (Å²) in [6, 6.07) is 13.4. The number of benzene rings is 2. The molecule has 0 saturated heterocycles. The van der Waals surface area contributed by atoms with Crippen LogP contribution >= 0.6 is 22.7 Å². The van der Waals surface area contributed by atoms with Crippen LogP contribution in [0, 0.1) is 11.8 Å². The van der Waals surface area contributed by atoms with Gasteiger partial charge in [-0.25, -0.2) is 26.8 Å². The number of carbonyl (C=O) groups is 2. The van der Waals surface area contributed by atoms with Crippen LogP contribution in [0.4, 0.5) is 10.3 Å². The minimum atomic E-state index is -3.46. The molecular weight excluding hydrogens is 729 g/mol. The highest BCUT2D eigenvalue weighted by Gasteiger charge is 2.30. The van der Waals surface area contributed by atoms with Crippen LogP contribution < -0.4 is 10.6 Å². The number of aromatic nitrogens is 2. The molecule has 0 bridgehead atoms. The Bertz CT molecular complexity index is 2020. The van der Waals surface area contributed by atoms with E-state index in [1.807, 2.05) is 38.5 Å². The monoisotopic (exact) mass is 776 g/mol. The summed E-state index contributed by atoms with van der Waals surface area (Å²) in [5, 5.41) is 10.6. The first-order valence-corrected chi connectivity index (χ1v) is 21.8. The van der Waals surface area contributed by atoms with Gasteiger partial charge in [-0.2, -0.15) is 8.61 Å². The van der Waals surface area contributed by atoms with Gasteiger partial charge < -0.3 is 10.6 Å². The Morgan fingerprint density at radius 3 is 1.29 bits per heavy atom. The van der Waals surface area contributed by atoms with Gasteiger partial charge in [-0.05, 0) is 49.9 Å². The van der Waals surface area contributed by atoms with Crippen LogP contribution in [0.3, 0.4) is 0 Å². The van der Waals surface area contributed by atoms with Gasteiger partial charge in [0.2, 0.25) is 31.9 Å². The number of rotatable bonds is 14. The number of sulfonamides is 2. The molecule has 12 nitrogen and oxygen atoms in total. The van der Waals surface area contributed by atoms with Gasteiger partial charge in [-0.15, -0.1) is 22.7 Å². The van der Waals surface area contributed by atoms with Crippen molar-refractivity contribution in [3.63, 3.8) is 0 Å². The highest BCUT2D eigenvalue weighted by Crippen LogP contribution is 2.33. The molecular formula is C35H48N6O6S4. The van der Waals surface area contributed by atoms with E-state index < -0.39 is 20.0 Å². The van der Waals surface area contributed by atoms with Gasteiger partial charge in [0.1, 0.15) is 0 Å². The average Bonchev–Trinajstić information content (AvgIpc) is 3.68. The SMILES string of the molecule is CCN(CC)S(=O)(=O)c1ccc(-c2csc(NC(=O)C3CC3)n2)cc1.CCN(CC)S(=O)(=O)c1ccc(-c2csc(NC(=O)C3CCC3)n2)cc1.[HH].[HH]. The predicted octanol–water partition coefficient (Wildman–Crippen LogP) is 7.26. The van der Waals surface area contributed by atoms with E-state index in [1.54, 1.807) is 48.5 Å². The molecule has 278 valence electrons. The highest BCUT2D eigenvalue weighted by molar-refractivity contribution is 7.89. The average molecular weight is 777 g/mol. The van der Waals surface area contributed by atoms with E-state index >= 15 is 0 Å². The van der Waals surface area contributed by atoms with E-state index in [2.05, 4.69) is 20.6 Å². The smallest absolute Gasteiger partial charge is 0.243 e. The molecule has 0 unspecified atom stereocenters. The largest absolute Gasteiger partial charge is 0.302 e. The third kappa shape index (κ3) is 9.28. The molecule has 4 aromatic rings. The van der Waals surface area contributed by atoms with Gasteiger partial charge in [0.15, 0.2) is 10.3 Å². The summed E-state index contributed by atoms with van der Waals surface area (Å²) in [5.41, 5.74) is 3.10. The lowest BCUT2D eigenvalue weighted by Gasteiger charge is -2.23. The first kappa shape index (κ1) is 38.7. The highest BCUT2D eigenvalue weighted by atomic mass is 32.2. The Balaban J connectivity index is 0.000000275. The molecule has 2 amide bonds. The fourth-order valence-electron chi connectivity index (χ4n) is 5.38. The first-order chi connectivity index (χ1) is 24.4. The molecule has 2 N–H and O–H groups in total. The van der Waals surface area contributed by atoms with Crippen LogP contribution in [0.15, 0.2) is 69.1 Å². The standard InChI is InChI=1S/C18H23N3O3S2.C17H21N3O3S2.2H2/c1-3-21(4-2)26(23,24)15-10-8-13(9-11-15)16-12-25-18(19-16)20-17(22)14-6-5-7-14;1-3-20(4-2)25(22,23)14-9-7-12(8-10-14)15-11-24-17(18-15)19-16(21)13-5-6-13;;/h8-12,14H,3-7H2,1-2H3,(H,19,20,22);7-11,13H,3-6H2,1-2H3,(H,18,19,21);2*1H. The first-order valence-electron chi connectivity index (χ1n) is 17.1. The predicted molar refractivity (Wildman–Crippen MR) is 207 cm³/mol. The molecule has 0 radical (unpaired) electrons. The molecule has 2 aromatic heterocycles. The zero-order chi connectivity index (χ0) is 36.8. The zero-order valence-corrected chi connectivity index (χ0v) is 32.4. The van der Waals surface area contributed by atoms with E-state index in [0.717, 1.165) is 54.6 Å². The second-order valence-corrected chi connectivity index (χ2v) is 17.8. The Morgan fingerprint density at radius 2 is 1.00 bits per heavy atom. The lowest BCUT2D eigenvalue weighted by atomic mass is 9.85. The maximum atomic E-state index is 12.5. The van der Waals surface area contributed by atoms with Crippen LogP contribution in [0.2, 0.25) is 0 Å². The van der Waals surface area contributed by atoms with Gasteiger partial charge in [-0.1, -0.05) is 58.4 Å². The quantitative estimate of drug-likeness (QED) is 0.135. The number of nitrogens with one attached hydrogen (secondary N) is 2. The van der Waals surface area contributed by atoms with Crippen LogP contribution in [-0.4, -0.2) is 73.4 Å². The Morgan fingerprint density at radius 1 is 0.647 bits per heavy atom. The second kappa shape index (κ2) is 16.9. The van der Waals surface area contributed by atoms with Crippen molar-refractivity contribution >= 4 is 64.8 Å². The normalized spacial score (nSPS) is 14.9. The van der Waals surface area contributed by atoms with E-state index in [0.29, 0.717) is 36.4 Å². The van der Waals surface area contributed by atoms with Crippen molar-refractivity contribution in [2.24, 2.45) is 11.8 Å². The van der Waals surface area contributed by atoms with Crippen molar-refractivity contribution in [2.75, 3.05) is 36.8 Å². The van der Waals surface area contributed by atoms with Crippen LogP contribution in [-0.2, 0) is 29.6 Å². The van der Waals surface area contributed by atoms with Gasteiger partial charge in [-0.3, -0.25) is 9.59 Å². The van der Waals surface area contributed by atoms with Crippen molar-refractivity contribution in [3.05, 3.63) is 59.3 Å². The van der Waals surface area contributed by atoms with E-state index in [1.165, 1.54) is 31.3 Å². The Labute approximate surface area is 311 Å². The molecule has 0 aliphatic heterocycles. The number of anilines is 2. The third-order valence-corrected chi connectivity index (χ3v) is 14.5. The summed E-state index contributed by atoms with van der Waals surface area (Å²) >= 11 is 2.75. The molecule has 51 heavy (non-hydrogen) atoms. The maximum absolute atomic E-state index is 12.5. The van der Waals surface area contributed by atoms with Crippen molar-refractivity contribution in [1.82, 2.24) is 18.6 Å². The lowest BCUT2D eigenvalue weighted by Crippen LogP contribution is -2.30. The molecule has 2 aromatic carbocycles. The number of carbonyl (C=O) groups excluding carboxylic acids is 2. The molecule has 2 aliphatic carbocycles.